The fraction of sp³-hybridized carbons (Fsp3) is 0.333. The van der Waals surface area contributed by atoms with E-state index in [1.807, 2.05) is 25.2 Å². The minimum absolute atomic E-state index is 0. The third-order valence-electron chi connectivity index (χ3n) is 1.64. The zero-order chi connectivity index (χ0) is 8.10. The van der Waals surface area contributed by atoms with Gasteiger partial charge in [0.05, 0.1) is 0 Å². The third kappa shape index (κ3) is 3.24. The zero-order valence-electron chi connectivity index (χ0n) is 7.08. The molecule has 3 heteroatoms. The molecule has 0 atom stereocenters. The van der Waals surface area contributed by atoms with E-state index in [1.54, 1.807) is 6.07 Å². The molecule has 0 amide bonds. The van der Waals surface area contributed by atoms with Crippen molar-refractivity contribution in [2.24, 2.45) is 0 Å². The number of para-hydroxylation sites is 1. The van der Waals surface area contributed by atoms with E-state index in [0.29, 0.717) is 5.75 Å². The van der Waals surface area contributed by atoms with Gasteiger partial charge in [-0.25, -0.2) is 0 Å². The number of phenolic OH excluding ortho intramolecular Hbond substituents is 1. The maximum atomic E-state index is 9.31. The Balaban J connectivity index is 0.00000121. The van der Waals surface area contributed by atoms with Gasteiger partial charge in [-0.15, -0.1) is 17.0 Å². The fourth-order valence-electron chi connectivity index (χ4n) is 0.982. The van der Waals surface area contributed by atoms with Crippen LogP contribution in [0, 0.1) is 0 Å². The van der Waals surface area contributed by atoms with Crippen LogP contribution in [0.15, 0.2) is 24.3 Å². The van der Waals surface area contributed by atoms with Crippen LogP contribution in [0.2, 0.25) is 0 Å². The molecule has 0 aliphatic carbocycles. The van der Waals surface area contributed by atoms with E-state index in [4.69, 9.17) is 0 Å². The van der Waals surface area contributed by atoms with E-state index in [2.05, 4.69) is 5.32 Å². The van der Waals surface area contributed by atoms with Crippen LogP contribution in [-0.4, -0.2) is 18.7 Å². The molecular formula is C9H14BrNO. The number of hydrogen-bond donors (Lipinski definition) is 2. The standard InChI is InChI=1S/C9H13NO.BrH/c1-10-7-6-8-4-2-3-5-9(8)11;/h2-5,10-11H,6-7H2,1H3;1H. The van der Waals surface area contributed by atoms with Gasteiger partial charge in [0.15, 0.2) is 0 Å². The summed E-state index contributed by atoms with van der Waals surface area (Å²) in [4.78, 5) is 0. The topological polar surface area (TPSA) is 32.3 Å². The average molecular weight is 232 g/mol. The first-order valence-corrected chi connectivity index (χ1v) is 3.76. The van der Waals surface area contributed by atoms with Crippen LogP contribution >= 0.6 is 17.0 Å². The molecule has 0 aliphatic rings. The molecule has 0 spiro atoms. The molecule has 0 heterocycles. The highest BCUT2D eigenvalue weighted by atomic mass is 79.9. The zero-order valence-corrected chi connectivity index (χ0v) is 8.79. The molecule has 0 saturated heterocycles. The van der Waals surface area contributed by atoms with E-state index in [0.717, 1.165) is 18.5 Å². The maximum absolute atomic E-state index is 9.31. The lowest BCUT2D eigenvalue weighted by Crippen LogP contribution is -2.10. The molecule has 1 aromatic rings. The molecular weight excluding hydrogens is 218 g/mol. The molecule has 2 N–H and O–H groups in total. The van der Waals surface area contributed by atoms with Crippen molar-refractivity contribution in [3.63, 3.8) is 0 Å². The van der Waals surface area contributed by atoms with Gasteiger partial charge in [0.2, 0.25) is 0 Å². The maximum Gasteiger partial charge on any atom is 0.118 e. The lowest BCUT2D eigenvalue weighted by Gasteiger charge is -2.02. The number of hydrogen-bond acceptors (Lipinski definition) is 2. The van der Waals surface area contributed by atoms with Crippen molar-refractivity contribution in [3.8, 4) is 5.75 Å². The van der Waals surface area contributed by atoms with Gasteiger partial charge in [0.1, 0.15) is 5.75 Å². The summed E-state index contributed by atoms with van der Waals surface area (Å²) in [5, 5.41) is 12.3. The van der Waals surface area contributed by atoms with E-state index in [1.165, 1.54) is 0 Å². The van der Waals surface area contributed by atoms with Crippen LogP contribution in [0.3, 0.4) is 0 Å². The Hall–Kier alpha value is -0.540. The Bertz CT molecular complexity index is 228. The normalized spacial score (nSPS) is 9.08. The molecule has 0 fully saturated rings. The molecule has 0 saturated carbocycles. The van der Waals surface area contributed by atoms with Crippen LogP contribution in [0.5, 0.6) is 5.75 Å². The molecule has 1 aromatic carbocycles. The lowest BCUT2D eigenvalue weighted by molar-refractivity contribution is 0.467. The number of aromatic hydroxyl groups is 1. The highest BCUT2D eigenvalue weighted by Crippen LogP contribution is 2.15. The number of likely N-dealkylation sites (N-methyl/N-ethyl adjacent to an activating group) is 1. The summed E-state index contributed by atoms with van der Waals surface area (Å²) in [5.74, 6) is 0.391. The first kappa shape index (κ1) is 11.5. The predicted octanol–water partition coefficient (Wildman–Crippen LogP) is 1.73. The van der Waals surface area contributed by atoms with E-state index in [9.17, 15) is 5.11 Å². The second-order valence-electron chi connectivity index (χ2n) is 2.48. The van der Waals surface area contributed by atoms with Crippen molar-refractivity contribution in [1.29, 1.82) is 0 Å². The SMILES string of the molecule is Br.CNCCc1ccccc1O. The summed E-state index contributed by atoms with van der Waals surface area (Å²) in [5.41, 5.74) is 1.00. The summed E-state index contributed by atoms with van der Waals surface area (Å²) in [6.45, 7) is 0.900. The molecule has 0 bridgehead atoms. The van der Waals surface area contributed by atoms with Gasteiger partial charge in [-0.3, -0.25) is 0 Å². The van der Waals surface area contributed by atoms with Gasteiger partial charge >= 0.3 is 0 Å². The van der Waals surface area contributed by atoms with Crippen molar-refractivity contribution in [1.82, 2.24) is 5.32 Å². The Morgan fingerprint density at radius 3 is 2.58 bits per heavy atom. The van der Waals surface area contributed by atoms with Crippen molar-refractivity contribution in [3.05, 3.63) is 29.8 Å². The largest absolute Gasteiger partial charge is 0.508 e. The first-order valence-electron chi connectivity index (χ1n) is 3.76. The molecule has 0 aliphatic heterocycles. The monoisotopic (exact) mass is 231 g/mol. The molecule has 68 valence electrons. The van der Waals surface area contributed by atoms with E-state index < -0.39 is 0 Å². The highest BCUT2D eigenvalue weighted by Gasteiger charge is 1.96. The number of rotatable bonds is 3. The fourth-order valence-corrected chi connectivity index (χ4v) is 0.982. The molecule has 12 heavy (non-hydrogen) atoms. The van der Waals surface area contributed by atoms with Crippen LogP contribution < -0.4 is 5.32 Å². The number of halogens is 1. The van der Waals surface area contributed by atoms with Crippen LogP contribution in [0.4, 0.5) is 0 Å². The van der Waals surface area contributed by atoms with E-state index >= 15 is 0 Å². The van der Waals surface area contributed by atoms with Crippen molar-refractivity contribution in [2.75, 3.05) is 13.6 Å². The molecule has 0 radical (unpaired) electrons. The summed E-state index contributed by atoms with van der Waals surface area (Å²) in [7, 11) is 1.90. The minimum Gasteiger partial charge on any atom is -0.508 e. The van der Waals surface area contributed by atoms with Gasteiger partial charge < -0.3 is 10.4 Å². The van der Waals surface area contributed by atoms with Crippen LogP contribution in [0.1, 0.15) is 5.56 Å². The highest BCUT2D eigenvalue weighted by molar-refractivity contribution is 8.93. The van der Waals surface area contributed by atoms with Crippen molar-refractivity contribution in [2.45, 2.75) is 6.42 Å². The molecule has 0 unspecified atom stereocenters. The summed E-state index contributed by atoms with van der Waals surface area (Å²) < 4.78 is 0. The van der Waals surface area contributed by atoms with Gasteiger partial charge in [-0.05, 0) is 31.6 Å². The molecule has 0 aromatic heterocycles. The molecule has 1 rings (SSSR count). The quantitative estimate of drug-likeness (QED) is 0.831. The Morgan fingerprint density at radius 1 is 1.33 bits per heavy atom. The second-order valence-corrected chi connectivity index (χ2v) is 2.48. The number of nitrogens with one attached hydrogen (secondary N) is 1. The third-order valence-corrected chi connectivity index (χ3v) is 1.64. The van der Waals surface area contributed by atoms with Gasteiger partial charge in [0, 0.05) is 0 Å². The minimum atomic E-state index is 0. The molecule has 2 nitrogen and oxygen atoms in total. The number of phenols is 1. The second kappa shape index (κ2) is 6.03. The number of benzene rings is 1. The average Bonchev–Trinajstić information content (AvgIpc) is 2.03. The van der Waals surface area contributed by atoms with Crippen LogP contribution in [-0.2, 0) is 6.42 Å². The smallest absolute Gasteiger partial charge is 0.118 e. The Morgan fingerprint density at radius 2 is 2.00 bits per heavy atom. The van der Waals surface area contributed by atoms with Gasteiger partial charge in [0.25, 0.3) is 0 Å². The predicted molar refractivity (Wildman–Crippen MR) is 56.1 cm³/mol. The van der Waals surface area contributed by atoms with Gasteiger partial charge in [-0.1, -0.05) is 18.2 Å². The summed E-state index contributed by atoms with van der Waals surface area (Å²) >= 11 is 0. The summed E-state index contributed by atoms with van der Waals surface area (Å²) in [6, 6.07) is 7.42. The Kier molecular flexibility index (Phi) is 5.76. The summed E-state index contributed by atoms with van der Waals surface area (Å²) in [6.07, 6.45) is 0.878. The lowest BCUT2D eigenvalue weighted by atomic mass is 10.1. The van der Waals surface area contributed by atoms with E-state index in [-0.39, 0.29) is 17.0 Å². The van der Waals surface area contributed by atoms with Crippen molar-refractivity contribution < 1.29 is 5.11 Å². The van der Waals surface area contributed by atoms with Gasteiger partial charge in [-0.2, -0.15) is 0 Å². The Labute approximate surface area is 83.4 Å². The van der Waals surface area contributed by atoms with Crippen LogP contribution in [0.25, 0.3) is 0 Å². The van der Waals surface area contributed by atoms with Crippen molar-refractivity contribution >= 4 is 17.0 Å². The first-order chi connectivity index (χ1) is 5.34.